The normalized spacial score (nSPS) is 16.7. The average molecular weight is 347 g/mol. The number of carbonyl (C=O) groups is 1. The van der Waals surface area contributed by atoms with E-state index in [-0.39, 0.29) is 22.5 Å². The molecule has 0 bridgehead atoms. The van der Waals surface area contributed by atoms with E-state index in [9.17, 15) is 17.6 Å². The van der Waals surface area contributed by atoms with Gasteiger partial charge in [-0.05, 0) is 61.2 Å². The molecule has 1 N–H and O–H groups in total. The number of carbonyl (C=O) groups excluding carboxylic acids is 1. The summed E-state index contributed by atoms with van der Waals surface area (Å²) in [5, 5.41) is 3.20. The molecule has 1 aliphatic rings. The highest BCUT2D eigenvalue weighted by Crippen LogP contribution is 2.36. The molecule has 2 aromatic rings. The zero-order valence-corrected chi connectivity index (χ0v) is 14.3. The van der Waals surface area contributed by atoms with Crippen molar-refractivity contribution in [3.63, 3.8) is 0 Å². The SMILES string of the molecule is CC(=O)c1ccc(S(C)(=O)=O)c(N[C@H]2CCc3ccc(F)cc32)c1. The number of aryl methyl sites for hydroxylation is 1. The van der Waals surface area contributed by atoms with E-state index < -0.39 is 9.84 Å². The summed E-state index contributed by atoms with van der Waals surface area (Å²) in [6.45, 7) is 1.43. The lowest BCUT2D eigenvalue weighted by Crippen LogP contribution is -2.12. The van der Waals surface area contributed by atoms with Gasteiger partial charge in [-0.2, -0.15) is 0 Å². The van der Waals surface area contributed by atoms with Crippen LogP contribution in [0.15, 0.2) is 41.3 Å². The van der Waals surface area contributed by atoms with Crippen LogP contribution in [0.5, 0.6) is 0 Å². The number of halogens is 1. The Morgan fingerprint density at radius 2 is 1.96 bits per heavy atom. The molecule has 24 heavy (non-hydrogen) atoms. The molecule has 0 aliphatic heterocycles. The Balaban J connectivity index is 2.03. The Kier molecular flexibility index (Phi) is 4.17. The maximum absolute atomic E-state index is 13.5. The number of rotatable bonds is 4. The van der Waals surface area contributed by atoms with Crippen molar-refractivity contribution in [2.45, 2.75) is 30.7 Å². The Hall–Kier alpha value is -2.21. The van der Waals surface area contributed by atoms with E-state index in [0.29, 0.717) is 11.3 Å². The van der Waals surface area contributed by atoms with Crippen LogP contribution in [0.25, 0.3) is 0 Å². The van der Waals surface area contributed by atoms with Crippen molar-refractivity contribution in [1.82, 2.24) is 0 Å². The van der Waals surface area contributed by atoms with Gasteiger partial charge in [0.1, 0.15) is 5.82 Å². The predicted molar refractivity (Wildman–Crippen MR) is 90.6 cm³/mol. The van der Waals surface area contributed by atoms with Gasteiger partial charge in [0.15, 0.2) is 15.6 Å². The first-order chi connectivity index (χ1) is 11.3. The van der Waals surface area contributed by atoms with Crippen LogP contribution in [0.4, 0.5) is 10.1 Å². The molecule has 0 unspecified atom stereocenters. The van der Waals surface area contributed by atoms with Crippen molar-refractivity contribution in [1.29, 1.82) is 0 Å². The minimum Gasteiger partial charge on any atom is -0.377 e. The lowest BCUT2D eigenvalue weighted by Gasteiger charge is -2.18. The fourth-order valence-corrected chi connectivity index (χ4v) is 3.93. The summed E-state index contributed by atoms with van der Waals surface area (Å²) in [6, 6.07) is 8.99. The third kappa shape index (κ3) is 3.19. The Labute approximate surface area is 140 Å². The van der Waals surface area contributed by atoms with Gasteiger partial charge < -0.3 is 5.32 Å². The summed E-state index contributed by atoms with van der Waals surface area (Å²) in [5.74, 6) is -0.459. The second-order valence-corrected chi connectivity index (χ2v) is 8.10. The van der Waals surface area contributed by atoms with Crippen molar-refractivity contribution in [3.05, 3.63) is 58.9 Å². The van der Waals surface area contributed by atoms with Gasteiger partial charge in [-0.25, -0.2) is 12.8 Å². The van der Waals surface area contributed by atoms with E-state index >= 15 is 0 Å². The second-order valence-electron chi connectivity index (χ2n) is 6.12. The van der Waals surface area contributed by atoms with Crippen LogP contribution in [0.1, 0.15) is 40.9 Å². The van der Waals surface area contributed by atoms with Crippen molar-refractivity contribution in [2.75, 3.05) is 11.6 Å². The highest BCUT2D eigenvalue weighted by molar-refractivity contribution is 7.90. The summed E-state index contributed by atoms with van der Waals surface area (Å²) >= 11 is 0. The lowest BCUT2D eigenvalue weighted by molar-refractivity contribution is 0.101. The number of fused-ring (bicyclic) bond motifs is 1. The molecule has 1 atom stereocenters. The number of Topliss-reactive ketones (excluding diaryl/α,β-unsaturated/α-hetero) is 1. The highest BCUT2D eigenvalue weighted by Gasteiger charge is 2.25. The van der Waals surface area contributed by atoms with Gasteiger partial charge in [0.2, 0.25) is 0 Å². The fraction of sp³-hybridized carbons (Fsp3) is 0.278. The first kappa shape index (κ1) is 16.6. The maximum atomic E-state index is 13.5. The molecule has 0 saturated heterocycles. The molecule has 0 aromatic heterocycles. The van der Waals surface area contributed by atoms with Crippen molar-refractivity contribution < 1.29 is 17.6 Å². The molecular weight excluding hydrogens is 329 g/mol. The molecule has 1 aliphatic carbocycles. The van der Waals surface area contributed by atoms with Crippen molar-refractivity contribution in [2.24, 2.45) is 0 Å². The van der Waals surface area contributed by atoms with Crippen LogP contribution in [-0.2, 0) is 16.3 Å². The Morgan fingerprint density at radius 1 is 1.21 bits per heavy atom. The quantitative estimate of drug-likeness (QED) is 0.860. The number of nitrogens with one attached hydrogen (secondary N) is 1. The van der Waals surface area contributed by atoms with Crippen molar-refractivity contribution >= 4 is 21.3 Å². The van der Waals surface area contributed by atoms with E-state index in [1.165, 1.54) is 31.2 Å². The molecule has 0 saturated carbocycles. The van der Waals surface area contributed by atoms with Gasteiger partial charge in [-0.1, -0.05) is 6.07 Å². The van der Waals surface area contributed by atoms with E-state index in [4.69, 9.17) is 0 Å². The van der Waals surface area contributed by atoms with E-state index in [1.807, 2.05) is 0 Å². The smallest absolute Gasteiger partial charge is 0.177 e. The maximum Gasteiger partial charge on any atom is 0.177 e. The number of sulfone groups is 1. The Bertz CT molecular complexity index is 922. The van der Waals surface area contributed by atoms with Gasteiger partial charge in [-0.15, -0.1) is 0 Å². The molecule has 0 heterocycles. The lowest BCUT2D eigenvalue weighted by atomic mass is 10.1. The second kappa shape index (κ2) is 6.02. The summed E-state index contributed by atoms with van der Waals surface area (Å²) in [4.78, 5) is 11.7. The summed E-state index contributed by atoms with van der Waals surface area (Å²) < 4.78 is 37.6. The molecule has 3 rings (SSSR count). The van der Waals surface area contributed by atoms with Crippen LogP contribution >= 0.6 is 0 Å². The standard InChI is InChI=1S/C18H18FNO3S/c1-11(21)13-5-8-18(24(2,22)23)17(9-13)20-16-7-4-12-3-6-14(19)10-15(12)16/h3,5-6,8-10,16,20H,4,7H2,1-2H3/t16-/m0/s1. The minimum atomic E-state index is -3.45. The molecular formula is C18H18FNO3S. The summed E-state index contributed by atoms with van der Waals surface area (Å²) in [7, 11) is -3.45. The molecule has 0 amide bonds. The van der Waals surface area contributed by atoms with Gasteiger partial charge in [0, 0.05) is 11.8 Å². The zero-order valence-electron chi connectivity index (χ0n) is 13.5. The third-order valence-corrected chi connectivity index (χ3v) is 5.46. The average Bonchev–Trinajstić information content (AvgIpc) is 2.88. The monoisotopic (exact) mass is 347 g/mol. The number of benzene rings is 2. The molecule has 0 fully saturated rings. The number of ketones is 1. The summed E-state index contributed by atoms with van der Waals surface area (Å²) in [6.07, 6.45) is 2.67. The van der Waals surface area contributed by atoms with Crippen LogP contribution in [0, 0.1) is 5.82 Å². The number of hydrogen-bond acceptors (Lipinski definition) is 4. The van der Waals surface area contributed by atoms with Crippen LogP contribution in [0.2, 0.25) is 0 Å². The fourth-order valence-electron chi connectivity index (χ4n) is 3.10. The van der Waals surface area contributed by atoms with Gasteiger partial charge in [0.25, 0.3) is 0 Å². The number of hydrogen-bond donors (Lipinski definition) is 1. The minimum absolute atomic E-state index is 0.136. The topological polar surface area (TPSA) is 63.2 Å². The van der Waals surface area contributed by atoms with Gasteiger partial charge >= 0.3 is 0 Å². The van der Waals surface area contributed by atoms with Gasteiger partial charge in [0.05, 0.1) is 16.6 Å². The van der Waals surface area contributed by atoms with E-state index in [0.717, 1.165) is 30.2 Å². The molecule has 2 aromatic carbocycles. The predicted octanol–water partition coefficient (Wildman–Crippen LogP) is 3.53. The first-order valence-corrected chi connectivity index (χ1v) is 9.55. The first-order valence-electron chi connectivity index (χ1n) is 7.65. The molecule has 4 nitrogen and oxygen atoms in total. The van der Waals surface area contributed by atoms with E-state index in [2.05, 4.69) is 5.32 Å². The highest BCUT2D eigenvalue weighted by atomic mass is 32.2. The molecule has 0 spiro atoms. The zero-order chi connectivity index (χ0) is 17.5. The number of anilines is 1. The van der Waals surface area contributed by atoms with Gasteiger partial charge in [-0.3, -0.25) is 4.79 Å². The largest absolute Gasteiger partial charge is 0.377 e. The van der Waals surface area contributed by atoms with Crippen LogP contribution < -0.4 is 5.32 Å². The van der Waals surface area contributed by atoms with Crippen molar-refractivity contribution in [3.8, 4) is 0 Å². The molecule has 0 radical (unpaired) electrons. The van der Waals surface area contributed by atoms with Crippen LogP contribution in [-0.4, -0.2) is 20.5 Å². The third-order valence-electron chi connectivity index (χ3n) is 4.30. The molecule has 6 heteroatoms. The van der Waals surface area contributed by atoms with Crippen LogP contribution in [0.3, 0.4) is 0 Å². The van der Waals surface area contributed by atoms with E-state index in [1.54, 1.807) is 12.1 Å². The Morgan fingerprint density at radius 3 is 2.62 bits per heavy atom. The molecule has 126 valence electrons. The summed E-state index contributed by atoms with van der Waals surface area (Å²) in [5.41, 5.74) is 2.70.